The van der Waals surface area contributed by atoms with Crippen LogP contribution in [0.3, 0.4) is 0 Å². The number of carbonyl (C=O) groups is 1. The van der Waals surface area contributed by atoms with E-state index in [0.29, 0.717) is 16.7 Å². The van der Waals surface area contributed by atoms with Crippen LogP contribution in [0.25, 0.3) is 21.9 Å². The quantitative estimate of drug-likeness (QED) is 0.510. The zero-order valence-electron chi connectivity index (χ0n) is 16.0. The number of aryl methyl sites for hydroxylation is 1. The van der Waals surface area contributed by atoms with Gasteiger partial charge in [-0.2, -0.15) is 0 Å². The molecule has 0 aliphatic rings. The summed E-state index contributed by atoms with van der Waals surface area (Å²) in [6.07, 6.45) is 1.03. The van der Waals surface area contributed by atoms with Gasteiger partial charge in [0.1, 0.15) is 5.56 Å². The number of aliphatic hydroxyl groups excluding tert-OH is 1. The summed E-state index contributed by atoms with van der Waals surface area (Å²) < 4.78 is 12.4. The topological polar surface area (TPSA) is 93.7 Å². The van der Waals surface area contributed by atoms with Gasteiger partial charge in [0.15, 0.2) is 11.3 Å². The molecule has 0 fully saturated rings. The molecule has 148 valence electrons. The van der Waals surface area contributed by atoms with Gasteiger partial charge < -0.3 is 24.1 Å². The summed E-state index contributed by atoms with van der Waals surface area (Å²) in [5, 5.41) is 14.6. The van der Waals surface area contributed by atoms with Gasteiger partial charge in [0.25, 0.3) is 5.91 Å². The fourth-order valence-corrected chi connectivity index (χ4v) is 3.35. The summed E-state index contributed by atoms with van der Waals surface area (Å²) in [4.78, 5) is 24.8. The van der Waals surface area contributed by atoms with E-state index >= 15 is 0 Å². The van der Waals surface area contributed by atoms with Crippen molar-refractivity contribution in [2.75, 3.05) is 13.7 Å². The van der Waals surface area contributed by atoms with Crippen molar-refractivity contribution in [3.63, 3.8) is 0 Å². The van der Waals surface area contributed by atoms with E-state index in [1.54, 1.807) is 18.2 Å². The van der Waals surface area contributed by atoms with E-state index in [0.717, 1.165) is 10.9 Å². The highest BCUT2D eigenvalue weighted by atomic mass is 16.5. The second-order valence-electron chi connectivity index (χ2n) is 6.80. The molecule has 1 atom stereocenters. The van der Waals surface area contributed by atoms with Gasteiger partial charge in [0.2, 0.25) is 0 Å². The van der Waals surface area contributed by atoms with E-state index in [4.69, 9.17) is 9.15 Å². The van der Waals surface area contributed by atoms with Gasteiger partial charge in [0, 0.05) is 30.7 Å². The van der Waals surface area contributed by atoms with Gasteiger partial charge in [-0.1, -0.05) is 18.2 Å². The molecule has 1 unspecified atom stereocenters. The lowest BCUT2D eigenvalue weighted by atomic mass is 10.1. The highest BCUT2D eigenvalue weighted by Crippen LogP contribution is 2.24. The van der Waals surface area contributed by atoms with Gasteiger partial charge in [-0.05, 0) is 41.3 Å². The summed E-state index contributed by atoms with van der Waals surface area (Å²) in [6, 6.07) is 14.2. The monoisotopic (exact) mass is 392 g/mol. The van der Waals surface area contributed by atoms with E-state index in [1.807, 2.05) is 42.1 Å². The van der Waals surface area contributed by atoms with Crippen LogP contribution in [0, 0.1) is 0 Å². The molecule has 29 heavy (non-hydrogen) atoms. The first-order valence-electron chi connectivity index (χ1n) is 9.10. The maximum atomic E-state index is 12.5. The predicted molar refractivity (Wildman–Crippen MR) is 109 cm³/mol. The molecule has 0 radical (unpaired) electrons. The number of carbonyl (C=O) groups excluding carboxylic acids is 1. The van der Waals surface area contributed by atoms with Gasteiger partial charge >= 0.3 is 5.63 Å². The van der Waals surface area contributed by atoms with Crippen LogP contribution < -0.4 is 15.7 Å². The van der Waals surface area contributed by atoms with Crippen LogP contribution in [0.15, 0.2) is 63.9 Å². The molecule has 0 saturated carbocycles. The minimum absolute atomic E-state index is 0.0350. The number of hydrogen-bond donors (Lipinski definition) is 2. The molecule has 7 nitrogen and oxygen atoms in total. The molecule has 0 bridgehead atoms. The summed E-state index contributed by atoms with van der Waals surface area (Å²) in [7, 11) is 3.42. The predicted octanol–water partition coefficient (Wildman–Crippen LogP) is 2.76. The van der Waals surface area contributed by atoms with E-state index in [1.165, 1.54) is 13.2 Å². The zero-order chi connectivity index (χ0) is 20.5. The Hall–Kier alpha value is -3.58. The summed E-state index contributed by atoms with van der Waals surface area (Å²) in [6.45, 7) is -0.0350. The highest BCUT2D eigenvalue weighted by Gasteiger charge is 2.17. The van der Waals surface area contributed by atoms with Crippen LogP contribution in [0.2, 0.25) is 0 Å². The average Bonchev–Trinajstić information content (AvgIpc) is 3.11. The first-order valence-corrected chi connectivity index (χ1v) is 9.10. The Morgan fingerprint density at radius 2 is 2.03 bits per heavy atom. The van der Waals surface area contributed by atoms with Gasteiger partial charge in [-0.15, -0.1) is 0 Å². The van der Waals surface area contributed by atoms with Crippen molar-refractivity contribution in [2.24, 2.45) is 7.05 Å². The van der Waals surface area contributed by atoms with Crippen LogP contribution in [-0.2, 0) is 7.05 Å². The number of amides is 1. The SMILES string of the molecule is COc1cccc2cc(C(=O)NCC(O)c3ccc4c(ccn4C)c3)c(=O)oc12. The summed E-state index contributed by atoms with van der Waals surface area (Å²) in [5.41, 5.74) is 1.12. The lowest BCUT2D eigenvalue weighted by Crippen LogP contribution is -2.31. The molecule has 0 spiro atoms. The Morgan fingerprint density at radius 1 is 1.21 bits per heavy atom. The van der Waals surface area contributed by atoms with Crippen molar-refractivity contribution < 1.29 is 19.1 Å². The smallest absolute Gasteiger partial charge is 0.349 e. The number of rotatable bonds is 5. The fraction of sp³-hybridized carbons (Fsp3) is 0.182. The molecule has 4 rings (SSSR count). The highest BCUT2D eigenvalue weighted by molar-refractivity contribution is 5.97. The first-order chi connectivity index (χ1) is 14.0. The number of nitrogens with zero attached hydrogens (tertiary/aromatic N) is 1. The largest absolute Gasteiger partial charge is 0.493 e. The van der Waals surface area contributed by atoms with Crippen molar-refractivity contribution in [3.8, 4) is 5.75 Å². The zero-order valence-corrected chi connectivity index (χ0v) is 16.0. The van der Waals surface area contributed by atoms with Crippen molar-refractivity contribution in [2.45, 2.75) is 6.10 Å². The molecule has 0 saturated heterocycles. The Bertz CT molecular complexity index is 1270. The molecule has 0 aliphatic heterocycles. The number of ether oxygens (including phenoxy) is 1. The van der Waals surface area contributed by atoms with Crippen molar-refractivity contribution in [3.05, 3.63) is 76.3 Å². The molecule has 1 amide bonds. The number of fused-ring (bicyclic) bond motifs is 2. The number of para-hydroxylation sites is 1. The molecular weight excluding hydrogens is 372 g/mol. The van der Waals surface area contributed by atoms with E-state index < -0.39 is 17.6 Å². The Labute approximate surface area is 166 Å². The second-order valence-corrected chi connectivity index (χ2v) is 6.80. The van der Waals surface area contributed by atoms with Gasteiger partial charge in [-0.25, -0.2) is 4.79 Å². The second kappa shape index (κ2) is 7.44. The number of methoxy groups -OCH3 is 1. The first kappa shape index (κ1) is 18.8. The van der Waals surface area contributed by atoms with Crippen molar-refractivity contribution >= 4 is 27.8 Å². The van der Waals surface area contributed by atoms with Gasteiger partial charge in [-0.3, -0.25) is 4.79 Å². The number of benzene rings is 2. The van der Waals surface area contributed by atoms with Crippen LogP contribution in [0.1, 0.15) is 22.0 Å². The number of aliphatic hydroxyl groups is 1. The number of hydrogen-bond acceptors (Lipinski definition) is 5. The third kappa shape index (κ3) is 3.48. The average molecular weight is 392 g/mol. The third-order valence-corrected chi connectivity index (χ3v) is 4.94. The minimum Gasteiger partial charge on any atom is -0.493 e. The fourth-order valence-electron chi connectivity index (χ4n) is 3.35. The molecule has 2 aromatic carbocycles. The van der Waals surface area contributed by atoms with Crippen LogP contribution in [0.4, 0.5) is 0 Å². The van der Waals surface area contributed by atoms with Crippen LogP contribution in [-0.4, -0.2) is 29.2 Å². The Balaban J connectivity index is 1.52. The maximum Gasteiger partial charge on any atom is 0.349 e. The van der Waals surface area contributed by atoms with Crippen molar-refractivity contribution in [1.29, 1.82) is 0 Å². The standard InChI is InChI=1S/C22H20N2O5/c1-24-9-8-13-10-14(6-7-17(13)24)18(25)12-23-21(26)16-11-15-4-3-5-19(28-2)20(15)29-22(16)27/h3-11,18,25H,12H2,1-2H3,(H,23,26). The maximum absolute atomic E-state index is 12.5. The Morgan fingerprint density at radius 3 is 2.83 bits per heavy atom. The molecule has 2 aromatic heterocycles. The third-order valence-electron chi connectivity index (χ3n) is 4.94. The lowest BCUT2D eigenvalue weighted by molar-refractivity contribution is 0.0913. The molecule has 4 aromatic rings. The number of nitrogens with one attached hydrogen (secondary N) is 1. The van der Waals surface area contributed by atoms with E-state index in [-0.39, 0.29) is 17.7 Å². The normalized spacial score (nSPS) is 12.2. The van der Waals surface area contributed by atoms with Gasteiger partial charge in [0.05, 0.1) is 13.2 Å². The van der Waals surface area contributed by atoms with Crippen molar-refractivity contribution in [1.82, 2.24) is 9.88 Å². The lowest BCUT2D eigenvalue weighted by Gasteiger charge is -2.13. The molecule has 7 heteroatoms. The number of aromatic nitrogens is 1. The molecule has 2 heterocycles. The summed E-state index contributed by atoms with van der Waals surface area (Å²) >= 11 is 0. The van der Waals surface area contributed by atoms with E-state index in [2.05, 4.69) is 5.32 Å². The minimum atomic E-state index is -0.906. The van der Waals surface area contributed by atoms with E-state index in [9.17, 15) is 14.7 Å². The van der Waals surface area contributed by atoms with Crippen LogP contribution >= 0.6 is 0 Å². The molecule has 2 N–H and O–H groups in total. The van der Waals surface area contributed by atoms with Crippen LogP contribution in [0.5, 0.6) is 5.75 Å². The molecular formula is C22H20N2O5. The summed E-state index contributed by atoms with van der Waals surface area (Å²) in [5.74, 6) is -0.193. The Kier molecular flexibility index (Phi) is 4.82. The molecule has 0 aliphatic carbocycles.